The summed E-state index contributed by atoms with van der Waals surface area (Å²) in [6.45, 7) is 1.88. The number of thioether (sulfide) groups is 1. The Morgan fingerprint density at radius 3 is 2.79 bits per heavy atom. The van der Waals surface area contributed by atoms with E-state index < -0.39 is 0 Å². The monoisotopic (exact) mass is 340 g/mol. The van der Waals surface area contributed by atoms with Crippen LogP contribution in [-0.4, -0.2) is 21.1 Å². The minimum absolute atomic E-state index is 0.00570. The highest BCUT2D eigenvalue weighted by molar-refractivity contribution is 8.00. The molecule has 0 aliphatic carbocycles. The molecule has 0 spiro atoms. The predicted molar refractivity (Wildman–Crippen MR) is 93.2 cm³/mol. The minimum Gasteiger partial charge on any atom is -0.459 e. The standard InChI is InChI=1S/C18H16N2O3S/c1-13-6-5-9-20-16(21)10-14(19-18(13)20)11-23-17(22)12-24-15-7-3-2-4-8-15/h2-10H,11-12H2,1H3. The normalized spacial score (nSPS) is 10.7. The summed E-state index contributed by atoms with van der Waals surface area (Å²) in [7, 11) is 0. The van der Waals surface area contributed by atoms with Crippen molar-refractivity contribution in [1.29, 1.82) is 0 Å². The molecule has 0 atom stereocenters. The summed E-state index contributed by atoms with van der Waals surface area (Å²) in [5, 5.41) is 0. The van der Waals surface area contributed by atoms with E-state index in [4.69, 9.17) is 4.74 Å². The number of aromatic nitrogens is 2. The quantitative estimate of drug-likeness (QED) is 0.528. The fourth-order valence-electron chi connectivity index (χ4n) is 2.24. The molecule has 3 rings (SSSR count). The van der Waals surface area contributed by atoms with Crippen LogP contribution in [0.25, 0.3) is 5.65 Å². The lowest BCUT2D eigenvalue weighted by molar-refractivity contribution is -0.141. The number of hydrogen-bond acceptors (Lipinski definition) is 5. The van der Waals surface area contributed by atoms with Crippen molar-refractivity contribution in [3.63, 3.8) is 0 Å². The Morgan fingerprint density at radius 1 is 1.21 bits per heavy atom. The van der Waals surface area contributed by atoms with E-state index in [1.54, 1.807) is 12.3 Å². The number of aryl methyl sites for hydroxylation is 1. The number of rotatable bonds is 5. The van der Waals surface area contributed by atoms with Crippen molar-refractivity contribution in [2.75, 3.05) is 5.75 Å². The van der Waals surface area contributed by atoms with Gasteiger partial charge in [-0.15, -0.1) is 11.8 Å². The topological polar surface area (TPSA) is 60.7 Å². The molecule has 0 aliphatic heterocycles. The van der Waals surface area contributed by atoms with Gasteiger partial charge in [0.05, 0.1) is 11.4 Å². The maximum absolute atomic E-state index is 12.1. The van der Waals surface area contributed by atoms with E-state index >= 15 is 0 Å². The van der Waals surface area contributed by atoms with Crippen molar-refractivity contribution >= 4 is 23.4 Å². The first kappa shape index (κ1) is 16.3. The Labute approximate surface area is 143 Å². The molecule has 0 N–H and O–H groups in total. The molecule has 0 saturated carbocycles. The molecule has 5 nitrogen and oxygen atoms in total. The van der Waals surface area contributed by atoms with Crippen molar-refractivity contribution in [3.05, 3.63) is 76.3 Å². The third-order valence-corrected chi connectivity index (χ3v) is 4.41. The molecular weight excluding hydrogens is 324 g/mol. The fourth-order valence-corrected chi connectivity index (χ4v) is 2.96. The number of carbonyl (C=O) groups is 1. The molecule has 0 unspecified atom stereocenters. The molecule has 0 bridgehead atoms. The van der Waals surface area contributed by atoms with Crippen molar-refractivity contribution in [1.82, 2.24) is 9.38 Å². The zero-order valence-electron chi connectivity index (χ0n) is 13.1. The zero-order valence-corrected chi connectivity index (χ0v) is 14.0. The van der Waals surface area contributed by atoms with Crippen LogP contribution in [0.2, 0.25) is 0 Å². The predicted octanol–water partition coefficient (Wildman–Crippen LogP) is 2.84. The summed E-state index contributed by atoms with van der Waals surface area (Å²) < 4.78 is 6.70. The van der Waals surface area contributed by atoms with Crippen LogP contribution in [-0.2, 0) is 16.1 Å². The van der Waals surface area contributed by atoms with Gasteiger partial charge in [0, 0.05) is 17.2 Å². The number of esters is 1. The Kier molecular flexibility index (Phi) is 4.96. The van der Waals surface area contributed by atoms with Gasteiger partial charge in [0.2, 0.25) is 0 Å². The van der Waals surface area contributed by atoms with E-state index in [-0.39, 0.29) is 23.9 Å². The molecule has 0 radical (unpaired) electrons. The molecule has 6 heteroatoms. The first-order chi connectivity index (χ1) is 11.6. The van der Waals surface area contributed by atoms with Gasteiger partial charge in [-0.3, -0.25) is 14.0 Å². The summed E-state index contributed by atoms with van der Waals surface area (Å²) in [6.07, 6.45) is 1.67. The van der Waals surface area contributed by atoms with Gasteiger partial charge in [0.25, 0.3) is 5.56 Å². The SMILES string of the molecule is Cc1cccn2c(=O)cc(COC(=O)CSc3ccccc3)nc12. The molecule has 1 aromatic carbocycles. The van der Waals surface area contributed by atoms with E-state index in [0.717, 1.165) is 10.5 Å². The van der Waals surface area contributed by atoms with Crippen LogP contribution >= 0.6 is 11.8 Å². The molecule has 0 fully saturated rings. The Hall–Kier alpha value is -2.60. The fraction of sp³-hybridized carbons (Fsp3) is 0.167. The third kappa shape index (κ3) is 3.83. The summed E-state index contributed by atoms with van der Waals surface area (Å²) in [5.74, 6) is -0.120. The van der Waals surface area contributed by atoms with Gasteiger partial charge in [-0.2, -0.15) is 0 Å². The number of fused-ring (bicyclic) bond motifs is 1. The van der Waals surface area contributed by atoms with Crippen LogP contribution in [0.4, 0.5) is 0 Å². The molecule has 24 heavy (non-hydrogen) atoms. The second-order valence-corrected chi connectivity index (χ2v) is 6.28. The van der Waals surface area contributed by atoms with Gasteiger partial charge in [-0.1, -0.05) is 24.3 Å². The van der Waals surface area contributed by atoms with Crippen LogP contribution < -0.4 is 5.56 Å². The van der Waals surface area contributed by atoms with Crippen molar-refractivity contribution in [2.45, 2.75) is 18.4 Å². The Morgan fingerprint density at radius 2 is 2.00 bits per heavy atom. The number of ether oxygens (including phenoxy) is 1. The molecule has 2 heterocycles. The van der Waals surface area contributed by atoms with Crippen molar-refractivity contribution in [3.8, 4) is 0 Å². The average Bonchev–Trinajstić information content (AvgIpc) is 2.60. The summed E-state index contributed by atoms with van der Waals surface area (Å²) in [5.41, 5.74) is 1.73. The number of pyridine rings is 1. The Bertz CT molecular complexity index is 922. The molecule has 122 valence electrons. The van der Waals surface area contributed by atoms with Gasteiger partial charge in [-0.05, 0) is 30.7 Å². The number of nitrogens with zero attached hydrogens (tertiary/aromatic N) is 2. The molecule has 3 aromatic rings. The first-order valence-electron chi connectivity index (χ1n) is 7.45. The molecule has 0 amide bonds. The average molecular weight is 340 g/mol. The van der Waals surface area contributed by atoms with Crippen LogP contribution in [0.3, 0.4) is 0 Å². The highest BCUT2D eigenvalue weighted by atomic mass is 32.2. The van der Waals surface area contributed by atoms with E-state index in [0.29, 0.717) is 11.3 Å². The Balaban J connectivity index is 1.64. The van der Waals surface area contributed by atoms with E-state index in [2.05, 4.69) is 4.98 Å². The van der Waals surface area contributed by atoms with Gasteiger partial charge in [0.15, 0.2) is 0 Å². The molecular formula is C18H16N2O3S. The lowest BCUT2D eigenvalue weighted by Gasteiger charge is -2.07. The summed E-state index contributed by atoms with van der Waals surface area (Å²) >= 11 is 1.41. The second kappa shape index (κ2) is 7.31. The zero-order chi connectivity index (χ0) is 16.9. The molecule has 0 aliphatic rings. The maximum atomic E-state index is 12.1. The largest absolute Gasteiger partial charge is 0.459 e. The first-order valence-corrected chi connectivity index (χ1v) is 8.43. The van der Waals surface area contributed by atoms with Gasteiger partial charge >= 0.3 is 5.97 Å². The number of benzene rings is 1. The number of hydrogen-bond donors (Lipinski definition) is 0. The highest BCUT2D eigenvalue weighted by Crippen LogP contribution is 2.17. The second-order valence-electron chi connectivity index (χ2n) is 5.23. The molecule has 0 saturated heterocycles. The van der Waals surface area contributed by atoms with Gasteiger partial charge < -0.3 is 4.74 Å². The van der Waals surface area contributed by atoms with Crippen LogP contribution in [0.5, 0.6) is 0 Å². The van der Waals surface area contributed by atoms with Crippen molar-refractivity contribution < 1.29 is 9.53 Å². The van der Waals surface area contributed by atoms with Gasteiger partial charge in [0.1, 0.15) is 12.3 Å². The third-order valence-electron chi connectivity index (χ3n) is 3.42. The van der Waals surface area contributed by atoms with E-state index in [9.17, 15) is 9.59 Å². The maximum Gasteiger partial charge on any atom is 0.316 e. The summed E-state index contributed by atoms with van der Waals surface area (Å²) in [4.78, 5) is 29.3. The smallest absolute Gasteiger partial charge is 0.316 e. The van der Waals surface area contributed by atoms with E-state index in [1.165, 1.54) is 22.2 Å². The van der Waals surface area contributed by atoms with Crippen LogP contribution in [0, 0.1) is 6.92 Å². The van der Waals surface area contributed by atoms with Crippen LogP contribution in [0.1, 0.15) is 11.3 Å². The number of carbonyl (C=O) groups excluding carboxylic acids is 1. The summed E-state index contributed by atoms with van der Waals surface area (Å²) in [6, 6.07) is 14.7. The molecule has 2 aromatic heterocycles. The highest BCUT2D eigenvalue weighted by Gasteiger charge is 2.08. The minimum atomic E-state index is -0.337. The lowest BCUT2D eigenvalue weighted by Crippen LogP contribution is -2.17. The van der Waals surface area contributed by atoms with Crippen molar-refractivity contribution in [2.24, 2.45) is 0 Å². The van der Waals surface area contributed by atoms with E-state index in [1.807, 2.05) is 43.3 Å². The lowest BCUT2D eigenvalue weighted by atomic mass is 10.3. The van der Waals surface area contributed by atoms with Gasteiger partial charge in [-0.25, -0.2) is 4.98 Å². The van der Waals surface area contributed by atoms with Crippen LogP contribution in [0.15, 0.2) is 64.4 Å².